The van der Waals surface area contributed by atoms with Crippen LogP contribution in [0.15, 0.2) is 25.3 Å². The van der Waals surface area contributed by atoms with Gasteiger partial charge in [-0.2, -0.15) is 0 Å². The van der Waals surface area contributed by atoms with Crippen molar-refractivity contribution in [3.8, 4) is 0 Å². The van der Waals surface area contributed by atoms with Gasteiger partial charge >= 0.3 is 5.97 Å². The molecule has 0 unspecified atom stereocenters. The number of carboxylic acid groups (broad SMARTS) is 1. The highest BCUT2D eigenvalue weighted by Gasteiger charge is 2.27. The standard InChI is InChI=1S/C7H11NO2.ClH/c1-3-5-7(8,4-2)6(9)10;/h3-4H,1-2,5,8H2,(H,9,10);1H/t7-;/m1./s1. The third-order valence-corrected chi connectivity index (χ3v) is 1.24. The van der Waals surface area contributed by atoms with Gasteiger partial charge in [0, 0.05) is 0 Å². The molecule has 11 heavy (non-hydrogen) atoms. The summed E-state index contributed by atoms with van der Waals surface area (Å²) in [5.41, 5.74) is 4.02. The van der Waals surface area contributed by atoms with Crippen LogP contribution < -0.4 is 5.73 Å². The summed E-state index contributed by atoms with van der Waals surface area (Å²) in [6.45, 7) is 6.70. The van der Waals surface area contributed by atoms with Gasteiger partial charge in [-0.15, -0.1) is 25.6 Å². The van der Waals surface area contributed by atoms with E-state index in [1.165, 1.54) is 12.2 Å². The van der Waals surface area contributed by atoms with Crippen molar-refractivity contribution in [3.63, 3.8) is 0 Å². The zero-order chi connectivity index (χ0) is 8.20. The predicted molar refractivity (Wildman–Crippen MR) is 46.8 cm³/mol. The van der Waals surface area contributed by atoms with Gasteiger partial charge in [0.2, 0.25) is 0 Å². The number of hydrogen-bond donors (Lipinski definition) is 2. The number of carboxylic acids is 1. The van der Waals surface area contributed by atoms with E-state index in [1.807, 2.05) is 0 Å². The average Bonchev–Trinajstić information content (AvgIpc) is 1.88. The lowest BCUT2D eigenvalue weighted by atomic mass is 9.97. The van der Waals surface area contributed by atoms with E-state index in [-0.39, 0.29) is 18.8 Å². The Bertz CT molecular complexity index is 170. The Labute approximate surface area is 72.0 Å². The van der Waals surface area contributed by atoms with Crippen LogP contribution in [0.25, 0.3) is 0 Å². The van der Waals surface area contributed by atoms with Gasteiger partial charge in [0.15, 0.2) is 0 Å². The Kier molecular flexibility index (Phi) is 5.76. The van der Waals surface area contributed by atoms with Gasteiger partial charge in [0.25, 0.3) is 0 Å². The van der Waals surface area contributed by atoms with Gasteiger partial charge in [-0.3, -0.25) is 0 Å². The summed E-state index contributed by atoms with van der Waals surface area (Å²) in [5.74, 6) is -1.08. The summed E-state index contributed by atoms with van der Waals surface area (Å²) in [4.78, 5) is 10.4. The molecule has 0 aliphatic heterocycles. The fourth-order valence-electron chi connectivity index (χ4n) is 0.497. The summed E-state index contributed by atoms with van der Waals surface area (Å²) in [6, 6.07) is 0. The molecule has 3 N–H and O–H groups in total. The van der Waals surface area contributed by atoms with Gasteiger partial charge in [0.1, 0.15) is 5.54 Å². The molecule has 0 saturated carbocycles. The summed E-state index contributed by atoms with van der Waals surface area (Å²) in [7, 11) is 0. The lowest BCUT2D eigenvalue weighted by Gasteiger charge is -2.17. The molecule has 0 bridgehead atoms. The third kappa shape index (κ3) is 3.20. The summed E-state index contributed by atoms with van der Waals surface area (Å²) < 4.78 is 0. The lowest BCUT2D eigenvalue weighted by Crippen LogP contribution is -2.45. The van der Waals surface area contributed by atoms with Gasteiger partial charge in [-0.25, -0.2) is 4.79 Å². The zero-order valence-electron chi connectivity index (χ0n) is 6.12. The third-order valence-electron chi connectivity index (χ3n) is 1.24. The second kappa shape index (κ2) is 4.93. The number of rotatable bonds is 4. The Balaban J connectivity index is 0. The molecule has 64 valence electrons. The summed E-state index contributed by atoms with van der Waals surface area (Å²) >= 11 is 0. The van der Waals surface area contributed by atoms with Crippen molar-refractivity contribution >= 4 is 18.4 Å². The fraction of sp³-hybridized carbons (Fsp3) is 0.286. The van der Waals surface area contributed by atoms with E-state index in [0.717, 1.165) is 0 Å². The number of aliphatic carboxylic acids is 1. The molecular weight excluding hydrogens is 166 g/mol. The molecule has 0 saturated heterocycles. The molecule has 4 heteroatoms. The quantitative estimate of drug-likeness (QED) is 0.629. The average molecular weight is 178 g/mol. The molecular formula is C7H12ClNO2. The molecule has 0 spiro atoms. The van der Waals surface area contributed by atoms with Crippen LogP contribution in [0.1, 0.15) is 6.42 Å². The molecule has 0 heterocycles. The van der Waals surface area contributed by atoms with Crippen molar-refractivity contribution in [2.24, 2.45) is 5.73 Å². The Morgan fingerprint density at radius 3 is 2.18 bits per heavy atom. The number of hydrogen-bond acceptors (Lipinski definition) is 2. The van der Waals surface area contributed by atoms with Crippen molar-refractivity contribution in [2.45, 2.75) is 12.0 Å². The highest BCUT2D eigenvalue weighted by atomic mass is 35.5. The van der Waals surface area contributed by atoms with Crippen molar-refractivity contribution in [1.82, 2.24) is 0 Å². The molecule has 0 aliphatic carbocycles. The normalized spacial score (nSPS) is 13.9. The minimum absolute atomic E-state index is 0. The van der Waals surface area contributed by atoms with Crippen LogP contribution in [-0.2, 0) is 4.79 Å². The minimum Gasteiger partial charge on any atom is -0.480 e. The SMILES string of the molecule is C=CC[C@](N)(C=C)C(=O)O.Cl. The van der Waals surface area contributed by atoms with E-state index >= 15 is 0 Å². The molecule has 0 aromatic heterocycles. The van der Waals surface area contributed by atoms with E-state index in [9.17, 15) is 4.79 Å². The van der Waals surface area contributed by atoms with Crippen LogP contribution in [0.4, 0.5) is 0 Å². The highest BCUT2D eigenvalue weighted by Crippen LogP contribution is 2.07. The van der Waals surface area contributed by atoms with Crippen molar-refractivity contribution in [2.75, 3.05) is 0 Å². The smallest absolute Gasteiger partial charge is 0.328 e. The minimum atomic E-state index is -1.35. The fourth-order valence-corrected chi connectivity index (χ4v) is 0.497. The predicted octanol–water partition coefficient (Wildman–Crippen LogP) is 0.952. The number of carbonyl (C=O) groups is 1. The van der Waals surface area contributed by atoms with Crippen LogP contribution in [0.5, 0.6) is 0 Å². The summed E-state index contributed by atoms with van der Waals surface area (Å²) in [6.07, 6.45) is 2.86. The van der Waals surface area contributed by atoms with Crippen molar-refractivity contribution < 1.29 is 9.90 Å². The van der Waals surface area contributed by atoms with E-state index in [1.54, 1.807) is 0 Å². The number of nitrogens with two attached hydrogens (primary N) is 1. The van der Waals surface area contributed by atoms with E-state index in [4.69, 9.17) is 10.8 Å². The first-order valence-corrected chi connectivity index (χ1v) is 2.83. The molecule has 0 amide bonds. The maximum atomic E-state index is 10.4. The summed E-state index contributed by atoms with van der Waals surface area (Å²) in [5, 5.41) is 8.52. The van der Waals surface area contributed by atoms with Crippen LogP contribution in [0.2, 0.25) is 0 Å². The second-order valence-corrected chi connectivity index (χ2v) is 2.04. The van der Waals surface area contributed by atoms with Crippen molar-refractivity contribution in [3.05, 3.63) is 25.3 Å². The molecule has 0 radical (unpaired) electrons. The molecule has 1 atom stereocenters. The van der Waals surface area contributed by atoms with E-state index < -0.39 is 11.5 Å². The van der Waals surface area contributed by atoms with Gasteiger partial charge in [-0.1, -0.05) is 12.2 Å². The van der Waals surface area contributed by atoms with Crippen molar-refractivity contribution in [1.29, 1.82) is 0 Å². The van der Waals surface area contributed by atoms with Gasteiger partial charge in [-0.05, 0) is 6.42 Å². The lowest BCUT2D eigenvalue weighted by molar-refractivity contribution is -0.141. The zero-order valence-corrected chi connectivity index (χ0v) is 6.93. The Morgan fingerprint density at radius 2 is 2.09 bits per heavy atom. The number of halogens is 1. The molecule has 0 aromatic rings. The van der Waals surface area contributed by atoms with Gasteiger partial charge in [0.05, 0.1) is 0 Å². The molecule has 0 rings (SSSR count). The first-order chi connectivity index (χ1) is 4.56. The van der Waals surface area contributed by atoms with Crippen LogP contribution in [-0.4, -0.2) is 16.6 Å². The molecule has 3 nitrogen and oxygen atoms in total. The second-order valence-electron chi connectivity index (χ2n) is 2.04. The van der Waals surface area contributed by atoms with Crippen LogP contribution in [0.3, 0.4) is 0 Å². The first kappa shape index (κ1) is 12.8. The van der Waals surface area contributed by atoms with Gasteiger partial charge < -0.3 is 10.8 Å². The topological polar surface area (TPSA) is 63.3 Å². The Morgan fingerprint density at radius 1 is 1.64 bits per heavy atom. The first-order valence-electron chi connectivity index (χ1n) is 2.83. The van der Waals surface area contributed by atoms with E-state index in [2.05, 4.69) is 13.2 Å². The van der Waals surface area contributed by atoms with Crippen LogP contribution in [0, 0.1) is 0 Å². The Hall–Kier alpha value is -0.800. The molecule has 0 fully saturated rings. The highest BCUT2D eigenvalue weighted by molar-refractivity contribution is 5.85. The maximum Gasteiger partial charge on any atom is 0.328 e. The largest absolute Gasteiger partial charge is 0.480 e. The maximum absolute atomic E-state index is 10.4. The van der Waals surface area contributed by atoms with E-state index in [0.29, 0.717) is 0 Å². The van der Waals surface area contributed by atoms with Crippen LogP contribution >= 0.6 is 12.4 Å². The molecule has 0 aliphatic rings. The monoisotopic (exact) mass is 177 g/mol. The molecule has 0 aromatic carbocycles.